The van der Waals surface area contributed by atoms with Crippen molar-refractivity contribution in [3.8, 4) is 17.1 Å². The van der Waals surface area contributed by atoms with Gasteiger partial charge in [0.15, 0.2) is 11.0 Å². The SMILES string of the molecule is COc1ccc([C@H]2CC(=O)n3nc(-c4ccc(C)cc4)nc3S2)cc1. The van der Waals surface area contributed by atoms with Crippen LogP contribution in [0.3, 0.4) is 0 Å². The van der Waals surface area contributed by atoms with Crippen molar-refractivity contribution in [3.05, 3.63) is 59.7 Å². The minimum atomic E-state index is -0.0274. The predicted molar refractivity (Wildman–Crippen MR) is 97.0 cm³/mol. The van der Waals surface area contributed by atoms with Gasteiger partial charge in [-0.25, -0.2) is 4.98 Å². The van der Waals surface area contributed by atoms with E-state index >= 15 is 0 Å². The largest absolute Gasteiger partial charge is 0.497 e. The van der Waals surface area contributed by atoms with Crippen molar-refractivity contribution in [1.82, 2.24) is 14.8 Å². The summed E-state index contributed by atoms with van der Waals surface area (Å²) in [5.74, 6) is 1.37. The third kappa shape index (κ3) is 3.05. The second-order valence-corrected chi connectivity index (χ2v) is 7.14. The second kappa shape index (κ2) is 6.37. The van der Waals surface area contributed by atoms with Crippen LogP contribution in [-0.4, -0.2) is 27.8 Å². The van der Waals surface area contributed by atoms with E-state index in [1.165, 1.54) is 10.2 Å². The number of hydrogen-bond donors (Lipinski definition) is 0. The quantitative estimate of drug-likeness (QED) is 0.710. The molecule has 0 bridgehead atoms. The number of methoxy groups -OCH3 is 1. The molecule has 1 atom stereocenters. The van der Waals surface area contributed by atoms with Gasteiger partial charge in [-0.1, -0.05) is 53.7 Å². The van der Waals surface area contributed by atoms with Crippen molar-refractivity contribution < 1.29 is 9.53 Å². The highest BCUT2D eigenvalue weighted by Crippen LogP contribution is 2.41. The Bertz CT molecular complexity index is 917. The lowest BCUT2D eigenvalue weighted by Gasteiger charge is -2.20. The van der Waals surface area contributed by atoms with Crippen LogP contribution in [-0.2, 0) is 0 Å². The zero-order chi connectivity index (χ0) is 17.4. The molecule has 0 unspecified atom stereocenters. The van der Waals surface area contributed by atoms with Crippen LogP contribution in [0.2, 0.25) is 0 Å². The summed E-state index contributed by atoms with van der Waals surface area (Å²) in [4.78, 5) is 17.1. The molecule has 25 heavy (non-hydrogen) atoms. The van der Waals surface area contributed by atoms with Crippen molar-refractivity contribution in [3.63, 3.8) is 0 Å². The minimum absolute atomic E-state index is 0.0274. The van der Waals surface area contributed by atoms with Crippen LogP contribution in [0.4, 0.5) is 0 Å². The Morgan fingerprint density at radius 1 is 1.12 bits per heavy atom. The topological polar surface area (TPSA) is 57.0 Å². The second-order valence-electron chi connectivity index (χ2n) is 5.97. The molecule has 6 heteroatoms. The maximum atomic E-state index is 12.5. The van der Waals surface area contributed by atoms with Crippen LogP contribution in [0, 0.1) is 6.92 Å². The van der Waals surface area contributed by atoms with Crippen molar-refractivity contribution in [2.75, 3.05) is 7.11 Å². The van der Waals surface area contributed by atoms with Gasteiger partial charge in [0.1, 0.15) is 5.75 Å². The van der Waals surface area contributed by atoms with Gasteiger partial charge in [0.05, 0.1) is 7.11 Å². The lowest BCUT2D eigenvalue weighted by atomic mass is 10.1. The maximum Gasteiger partial charge on any atom is 0.250 e. The van der Waals surface area contributed by atoms with Gasteiger partial charge in [-0.05, 0) is 24.6 Å². The van der Waals surface area contributed by atoms with Crippen molar-refractivity contribution in [1.29, 1.82) is 0 Å². The van der Waals surface area contributed by atoms with E-state index in [0.29, 0.717) is 17.4 Å². The molecule has 5 nitrogen and oxygen atoms in total. The van der Waals surface area contributed by atoms with E-state index in [9.17, 15) is 4.79 Å². The molecule has 0 radical (unpaired) electrons. The Hall–Kier alpha value is -2.60. The van der Waals surface area contributed by atoms with Gasteiger partial charge in [0.25, 0.3) is 5.91 Å². The van der Waals surface area contributed by atoms with Crippen LogP contribution in [0.5, 0.6) is 5.75 Å². The van der Waals surface area contributed by atoms with E-state index in [4.69, 9.17) is 4.74 Å². The first-order valence-electron chi connectivity index (χ1n) is 8.02. The van der Waals surface area contributed by atoms with Crippen LogP contribution in [0.1, 0.15) is 27.6 Å². The molecule has 126 valence electrons. The zero-order valence-electron chi connectivity index (χ0n) is 14.0. The summed E-state index contributed by atoms with van der Waals surface area (Å²) in [5.41, 5.74) is 3.19. The number of carbonyl (C=O) groups excluding carboxylic acids is 1. The summed E-state index contributed by atoms with van der Waals surface area (Å²) in [6.07, 6.45) is 0.403. The summed E-state index contributed by atoms with van der Waals surface area (Å²) in [6, 6.07) is 15.8. The maximum absolute atomic E-state index is 12.5. The Labute approximate surface area is 150 Å². The van der Waals surface area contributed by atoms with E-state index in [1.807, 2.05) is 55.5 Å². The summed E-state index contributed by atoms with van der Waals surface area (Å²) >= 11 is 1.57. The summed E-state index contributed by atoms with van der Waals surface area (Å²) < 4.78 is 6.62. The number of rotatable bonds is 3. The molecule has 0 saturated heterocycles. The fourth-order valence-corrected chi connectivity index (χ4v) is 3.94. The number of aromatic nitrogens is 3. The standard InChI is InChI=1S/C19H17N3O2S/c1-12-3-5-14(6-4-12)18-20-19-22(21-18)17(23)11-16(25-19)13-7-9-15(24-2)10-8-13/h3-10,16H,11H2,1-2H3/t16-/m1/s1. The van der Waals surface area contributed by atoms with E-state index in [0.717, 1.165) is 16.9 Å². The number of hydrogen-bond acceptors (Lipinski definition) is 5. The third-order valence-electron chi connectivity index (χ3n) is 4.22. The van der Waals surface area contributed by atoms with E-state index in [1.54, 1.807) is 18.9 Å². The third-order valence-corrected chi connectivity index (χ3v) is 5.42. The molecule has 2 aromatic carbocycles. The molecule has 3 aromatic rings. The summed E-state index contributed by atoms with van der Waals surface area (Å²) in [6.45, 7) is 2.04. The molecule has 0 amide bonds. The molecule has 0 spiro atoms. The van der Waals surface area contributed by atoms with E-state index < -0.39 is 0 Å². The van der Waals surface area contributed by atoms with Gasteiger partial charge in [0, 0.05) is 17.2 Å². The van der Waals surface area contributed by atoms with Crippen LogP contribution < -0.4 is 4.74 Å². The van der Waals surface area contributed by atoms with Crippen molar-refractivity contribution in [2.24, 2.45) is 0 Å². The number of nitrogens with zero attached hydrogens (tertiary/aromatic N) is 3. The minimum Gasteiger partial charge on any atom is -0.497 e. The molecule has 1 aromatic heterocycles. The molecule has 0 N–H and O–H groups in total. The number of carbonyl (C=O) groups is 1. The average Bonchev–Trinajstić information content (AvgIpc) is 3.07. The summed E-state index contributed by atoms with van der Waals surface area (Å²) in [5, 5.41) is 5.09. The summed E-state index contributed by atoms with van der Waals surface area (Å²) in [7, 11) is 1.64. The fourth-order valence-electron chi connectivity index (χ4n) is 2.78. The van der Waals surface area contributed by atoms with E-state index in [2.05, 4.69) is 10.1 Å². The van der Waals surface area contributed by atoms with Crippen LogP contribution in [0.25, 0.3) is 11.4 Å². The van der Waals surface area contributed by atoms with Crippen LogP contribution >= 0.6 is 11.8 Å². The molecule has 4 rings (SSSR count). The van der Waals surface area contributed by atoms with Gasteiger partial charge in [-0.2, -0.15) is 4.68 Å². The Morgan fingerprint density at radius 3 is 2.52 bits per heavy atom. The lowest BCUT2D eigenvalue weighted by Crippen LogP contribution is -2.20. The smallest absolute Gasteiger partial charge is 0.250 e. The van der Waals surface area contributed by atoms with Crippen LogP contribution in [0.15, 0.2) is 53.7 Å². The molecule has 0 saturated carbocycles. The zero-order valence-corrected chi connectivity index (χ0v) is 14.8. The molecule has 0 aliphatic carbocycles. The average molecular weight is 351 g/mol. The number of thioether (sulfide) groups is 1. The first-order chi connectivity index (χ1) is 12.1. The first-order valence-corrected chi connectivity index (χ1v) is 8.90. The Balaban J connectivity index is 1.63. The highest BCUT2D eigenvalue weighted by Gasteiger charge is 2.30. The van der Waals surface area contributed by atoms with E-state index in [-0.39, 0.29) is 11.2 Å². The Kier molecular flexibility index (Phi) is 4.05. The Morgan fingerprint density at radius 2 is 1.84 bits per heavy atom. The number of benzene rings is 2. The molecular weight excluding hydrogens is 334 g/mol. The molecular formula is C19H17N3O2S. The molecule has 0 fully saturated rings. The van der Waals surface area contributed by atoms with Gasteiger partial charge in [-0.15, -0.1) is 5.10 Å². The predicted octanol–water partition coefficient (Wildman–Crippen LogP) is 4.14. The fraction of sp³-hybridized carbons (Fsp3) is 0.211. The first kappa shape index (κ1) is 15.9. The molecule has 2 heterocycles. The van der Waals surface area contributed by atoms with Crippen molar-refractivity contribution in [2.45, 2.75) is 23.8 Å². The number of fused-ring (bicyclic) bond motifs is 1. The highest BCUT2D eigenvalue weighted by atomic mass is 32.2. The van der Waals surface area contributed by atoms with Gasteiger partial charge in [-0.3, -0.25) is 4.79 Å². The number of aryl methyl sites for hydroxylation is 1. The number of ether oxygens (including phenoxy) is 1. The normalized spacial score (nSPS) is 16.6. The monoisotopic (exact) mass is 351 g/mol. The van der Waals surface area contributed by atoms with Gasteiger partial charge in [0.2, 0.25) is 0 Å². The molecule has 1 aliphatic rings. The molecule has 1 aliphatic heterocycles. The lowest BCUT2D eigenvalue weighted by molar-refractivity contribution is 0.0868. The van der Waals surface area contributed by atoms with Crippen molar-refractivity contribution >= 4 is 17.7 Å². The van der Waals surface area contributed by atoms with Gasteiger partial charge < -0.3 is 4.74 Å². The van der Waals surface area contributed by atoms with Gasteiger partial charge >= 0.3 is 0 Å². The highest BCUT2D eigenvalue weighted by molar-refractivity contribution is 7.99.